The van der Waals surface area contributed by atoms with Gasteiger partial charge in [-0.3, -0.25) is 0 Å². The van der Waals surface area contributed by atoms with E-state index in [2.05, 4.69) is 5.32 Å². The van der Waals surface area contributed by atoms with Crippen LogP contribution >= 0.6 is 12.4 Å². The van der Waals surface area contributed by atoms with E-state index in [0.717, 1.165) is 12.1 Å². The van der Waals surface area contributed by atoms with E-state index >= 15 is 0 Å². The maximum atomic E-state index is 12.8. The molecule has 1 N–H and O–H groups in total. The van der Waals surface area contributed by atoms with Crippen LogP contribution < -0.4 is 5.32 Å². The average molecular weight is 370 g/mol. The molecule has 1 fully saturated rings. The van der Waals surface area contributed by atoms with Crippen molar-refractivity contribution in [1.29, 1.82) is 5.26 Å². The zero-order chi connectivity index (χ0) is 16.4. The molecule has 0 radical (unpaired) electrons. The second-order valence-electron chi connectivity index (χ2n) is 4.82. The maximum Gasteiger partial charge on any atom is 0.417 e. The second kappa shape index (κ2) is 7.49. The van der Waals surface area contributed by atoms with Crippen molar-refractivity contribution in [3.05, 3.63) is 29.3 Å². The van der Waals surface area contributed by atoms with Crippen LogP contribution in [0.15, 0.2) is 23.1 Å². The van der Waals surface area contributed by atoms with Crippen LogP contribution in [0.2, 0.25) is 0 Å². The Hall–Kier alpha value is -1.34. The summed E-state index contributed by atoms with van der Waals surface area (Å²) in [5.74, 6) is 0. The lowest BCUT2D eigenvalue weighted by atomic mass is 10.1. The number of nitriles is 1. The van der Waals surface area contributed by atoms with Gasteiger partial charge in [0.25, 0.3) is 0 Å². The number of nitrogens with zero attached hydrogens (tertiary/aromatic N) is 2. The number of nitrogens with one attached hydrogen (secondary N) is 1. The second-order valence-corrected chi connectivity index (χ2v) is 6.76. The smallest absolute Gasteiger partial charge is 0.315 e. The van der Waals surface area contributed by atoms with E-state index in [4.69, 9.17) is 5.26 Å². The van der Waals surface area contributed by atoms with E-state index in [0.29, 0.717) is 25.6 Å². The summed E-state index contributed by atoms with van der Waals surface area (Å²) in [6.07, 6.45) is -4.08. The van der Waals surface area contributed by atoms with Gasteiger partial charge in [0.15, 0.2) is 0 Å². The molecule has 0 bridgehead atoms. The molecule has 1 heterocycles. The molecule has 10 heteroatoms. The number of hydrogen-bond acceptors (Lipinski definition) is 4. The van der Waals surface area contributed by atoms with Crippen LogP contribution in [0, 0.1) is 11.3 Å². The molecule has 0 atom stereocenters. The molecular formula is C13H15ClF3N3O2S. The lowest BCUT2D eigenvalue weighted by molar-refractivity contribution is -0.137. The average Bonchev–Trinajstić information content (AvgIpc) is 2.75. The van der Waals surface area contributed by atoms with Crippen LogP contribution in [0.3, 0.4) is 0 Å². The number of hydrogen-bond donors (Lipinski definition) is 1. The maximum absolute atomic E-state index is 12.8. The molecule has 2 rings (SSSR count). The number of alkyl halides is 3. The lowest BCUT2D eigenvalue weighted by Crippen LogP contribution is -2.34. The summed E-state index contributed by atoms with van der Waals surface area (Å²) in [6, 6.07) is 3.74. The van der Waals surface area contributed by atoms with Crippen molar-refractivity contribution in [3.63, 3.8) is 0 Å². The molecule has 0 aromatic heterocycles. The first-order chi connectivity index (χ1) is 10.3. The summed E-state index contributed by atoms with van der Waals surface area (Å²) in [7, 11) is -3.91. The molecule has 0 amide bonds. The van der Waals surface area contributed by atoms with Gasteiger partial charge in [-0.1, -0.05) is 0 Å². The minimum atomic E-state index is -4.69. The van der Waals surface area contributed by atoms with E-state index in [1.807, 2.05) is 0 Å². The van der Waals surface area contributed by atoms with Crippen LogP contribution in [0.1, 0.15) is 17.5 Å². The predicted octanol–water partition coefficient (Wildman–Crippen LogP) is 1.98. The van der Waals surface area contributed by atoms with Crippen molar-refractivity contribution >= 4 is 22.4 Å². The van der Waals surface area contributed by atoms with E-state index in [1.54, 1.807) is 0 Å². The van der Waals surface area contributed by atoms with Crippen molar-refractivity contribution in [2.75, 3.05) is 26.2 Å². The highest BCUT2D eigenvalue weighted by molar-refractivity contribution is 7.89. The van der Waals surface area contributed by atoms with E-state index in [9.17, 15) is 21.6 Å². The standard InChI is InChI=1S/C13H14F3N3O2S.ClH/c14-13(15,16)12-3-2-11(8-10(12)9-17)22(20,21)19-6-1-4-18-5-7-19;/h2-3,8,18H,1,4-7H2;1H. The number of halogens is 4. The van der Waals surface area contributed by atoms with Crippen LogP contribution in [0.4, 0.5) is 13.2 Å². The molecule has 1 aromatic rings. The zero-order valence-corrected chi connectivity index (χ0v) is 13.6. The van der Waals surface area contributed by atoms with E-state index in [1.165, 1.54) is 10.4 Å². The summed E-state index contributed by atoms with van der Waals surface area (Å²) >= 11 is 0. The Morgan fingerprint density at radius 1 is 1.22 bits per heavy atom. The first kappa shape index (κ1) is 19.7. The van der Waals surface area contributed by atoms with Gasteiger partial charge in [-0.05, 0) is 31.2 Å². The SMILES string of the molecule is Cl.N#Cc1cc(S(=O)(=O)N2CCCNCC2)ccc1C(F)(F)F. The molecular weight excluding hydrogens is 355 g/mol. The summed E-state index contributed by atoms with van der Waals surface area (Å²) < 4.78 is 64.4. The summed E-state index contributed by atoms with van der Waals surface area (Å²) in [5, 5.41) is 11.9. The lowest BCUT2D eigenvalue weighted by Gasteiger charge is -2.20. The minimum Gasteiger partial charge on any atom is -0.315 e. The largest absolute Gasteiger partial charge is 0.417 e. The molecule has 1 aromatic carbocycles. The minimum absolute atomic E-state index is 0. The van der Waals surface area contributed by atoms with Crippen LogP contribution in [0.5, 0.6) is 0 Å². The summed E-state index contributed by atoms with van der Waals surface area (Å²) in [4.78, 5) is -0.293. The Kier molecular flexibility index (Phi) is 6.41. The zero-order valence-electron chi connectivity index (χ0n) is 11.9. The highest BCUT2D eigenvalue weighted by atomic mass is 35.5. The van der Waals surface area contributed by atoms with Gasteiger partial charge in [0.2, 0.25) is 10.0 Å². The van der Waals surface area contributed by atoms with Gasteiger partial charge in [-0.15, -0.1) is 12.4 Å². The van der Waals surface area contributed by atoms with Crippen molar-refractivity contribution in [2.45, 2.75) is 17.5 Å². The Bertz CT molecular complexity index is 693. The molecule has 0 aliphatic carbocycles. The number of sulfonamides is 1. The Balaban J connectivity index is 0.00000264. The quantitative estimate of drug-likeness (QED) is 0.865. The number of benzene rings is 1. The first-order valence-corrected chi connectivity index (χ1v) is 8.03. The van der Waals surface area contributed by atoms with Gasteiger partial charge >= 0.3 is 6.18 Å². The topological polar surface area (TPSA) is 73.2 Å². The highest BCUT2D eigenvalue weighted by Crippen LogP contribution is 2.33. The predicted molar refractivity (Wildman–Crippen MR) is 79.7 cm³/mol. The Morgan fingerprint density at radius 2 is 1.91 bits per heavy atom. The van der Waals surface area contributed by atoms with Crippen molar-refractivity contribution in [2.24, 2.45) is 0 Å². The number of rotatable bonds is 2. The van der Waals surface area contributed by atoms with Gasteiger partial charge in [0.1, 0.15) is 0 Å². The van der Waals surface area contributed by atoms with Gasteiger partial charge in [-0.25, -0.2) is 8.42 Å². The molecule has 1 aliphatic rings. The first-order valence-electron chi connectivity index (χ1n) is 6.59. The van der Waals surface area contributed by atoms with Crippen LogP contribution in [0.25, 0.3) is 0 Å². The van der Waals surface area contributed by atoms with Gasteiger partial charge in [0.05, 0.1) is 22.1 Å². The third-order valence-electron chi connectivity index (χ3n) is 3.35. The summed E-state index contributed by atoms with van der Waals surface area (Å²) in [5.41, 5.74) is -1.83. The molecule has 0 unspecified atom stereocenters. The fourth-order valence-electron chi connectivity index (χ4n) is 2.23. The molecule has 23 heavy (non-hydrogen) atoms. The molecule has 1 saturated heterocycles. The highest BCUT2D eigenvalue weighted by Gasteiger charge is 2.35. The monoisotopic (exact) mass is 369 g/mol. The van der Waals surface area contributed by atoms with Crippen LogP contribution in [-0.4, -0.2) is 38.9 Å². The van der Waals surface area contributed by atoms with E-state index in [-0.39, 0.29) is 30.4 Å². The Labute approximate surface area is 138 Å². The Morgan fingerprint density at radius 3 is 2.52 bits per heavy atom. The normalized spacial score (nSPS) is 17.0. The van der Waals surface area contributed by atoms with Crippen LogP contribution in [-0.2, 0) is 16.2 Å². The van der Waals surface area contributed by atoms with Gasteiger partial charge in [-0.2, -0.15) is 22.7 Å². The molecule has 0 saturated carbocycles. The van der Waals surface area contributed by atoms with Gasteiger partial charge < -0.3 is 5.32 Å². The fraction of sp³-hybridized carbons (Fsp3) is 0.462. The summed E-state index contributed by atoms with van der Waals surface area (Å²) in [6.45, 7) is 1.69. The molecule has 128 valence electrons. The molecule has 0 spiro atoms. The van der Waals surface area contributed by atoms with Crippen molar-refractivity contribution in [3.8, 4) is 6.07 Å². The van der Waals surface area contributed by atoms with Gasteiger partial charge in [0, 0.05) is 19.6 Å². The van der Waals surface area contributed by atoms with Crippen molar-refractivity contribution in [1.82, 2.24) is 9.62 Å². The molecule has 1 aliphatic heterocycles. The van der Waals surface area contributed by atoms with Crippen molar-refractivity contribution < 1.29 is 21.6 Å². The third kappa shape index (κ3) is 4.35. The van der Waals surface area contributed by atoms with E-state index < -0.39 is 27.3 Å². The molecule has 5 nitrogen and oxygen atoms in total. The fourth-order valence-corrected chi connectivity index (χ4v) is 3.74. The third-order valence-corrected chi connectivity index (χ3v) is 5.25.